The third kappa shape index (κ3) is 4.73. The highest BCUT2D eigenvalue weighted by Crippen LogP contribution is 2.39. The van der Waals surface area contributed by atoms with E-state index in [1.165, 1.54) is 5.56 Å². The molecule has 0 atom stereocenters. The molecule has 0 aliphatic carbocycles. The molecule has 4 heteroatoms. The Labute approximate surface area is 256 Å². The predicted octanol–water partition coefficient (Wildman–Crippen LogP) is 9.22. The van der Waals surface area contributed by atoms with E-state index in [0.29, 0.717) is 0 Å². The molecule has 1 aromatic heterocycles. The molecule has 0 amide bonds. The zero-order valence-corrected chi connectivity index (χ0v) is 23.9. The summed E-state index contributed by atoms with van der Waals surface area (Å²) >= 11 is 0. The molecule has 2 heterocycles. The average Bonchev–Trinajstić information content (AvgIpc) is 3.11. The Bertz CT molecular complexity index is 2120. The minimum absolute atomic E-state index is 0.438. The second-order valence-electron chi connectivity index (χ2n) is 10.9. The van der Waals surface area contributed by atoms with Crippen molar-refractivity contribution >= 4 is 33.3 Å². The third-order valence-corrected chi connectivity index (χ3v) is 8.22. The summed E-state index contributed by atoms with van der Waals surface area (Å²) in [5.74, 6) is 1.62. The number of hydrogen-bond acceptors (Lipinski definition) is 4. The van der Waals surface area contributed by atoms with E-state index >= 15 is 0 Å². The van der Waals surface area contributed by atoms with Gasteiger partial charge >= 0.3 is 0 Å². The molecule has 208 valence electrons. The highest BCUT2D eigenvalue weighted by Gasteiger charge is 2.25. The number of amidine groups is 2. The van der Waals surface area contributed by atoms with Gasteiger partial charge in [-0.1, -0.05) is 140 Å². The van der Waals surface area contributed by atoms with Crippen molar-refractivity contribution in [3.05, 3.63) is 175 Å². The maximum absolute atomic E-state index is 5.24. The summed E-state index contributed by atoms with van der Waals surface area (Å²) in [5.41, 5.74) is 8.71. The first-order valence-electron chi connectivity index (χ1n) is 14.8. The van der Waals surface area contributed by atoms with Crippen molar-refractivity contribution in [2.75, 3.05) is 0 Å². The van der Waals surface area contributed by atoms with Gasteiger partial charge in [0, 0.05) is 28.3 Å². The molecule has 0 spiro atoms. The van der Waals surface area contributed by atoms with E-state index < -0.39 is 6.17 Å². The van der Waals surface area contributed by atoms with Crippen molar-refractivity contribution in [2.45, 2.75) is 6.17 Å². The predicted molar refractivity (Wildman–Crippen MR) is 182 cm³/mol. The summed E-state index contributed by atoms with van der Waals surface area (Å²) in [4.78, 5) is 15.0. The number of nitrogens with one attached hydrogen (secondary N) is 1. The molecule has 1 aliphatic heterocycles. The topological polar surface area (TPSA) is 49.6 Å². The van der Waals surface area contributed by atoms with E-state index in [-0.39, 0.29) is 0 Å². The second kappa shape index (κ2) is 11.1. The highest BCUT2D eigenvalue weighted by atomic mass is 15.2. The number of hydrogen-bond donors (Lipinski definition) is 1. The van der Waals surface area contributed by atoms with Crippen molar-refractivity contribution in [3.8, 4) is 22.3 Å². The molecule has 0 saturated heterocycles. The molecule has 0 radical (unpaired) electrons. The SMILES string of the molecule is c1ccc(C2=NC(c3c(-c4ccc(-c5cccc6ncccc56)cc4)ccc4ccccc34)N=C(c3ccccc3)N2)cc1. The van der Waals surface area contributed by atoms with Crippen LogP contribution in [0.3, 0.4) is 0 Å². The van der Waals surface area contributed by atoms with Crippen LogP contribution in [0.1, 0.15) is 22.9 Å². The number of nitrogens with zero attached hydrogens (tertiary/aromatic N) is 3. The van der Waals surface area contributed by atoms with E-state index in [9.17, 15) is 0 Å². The Balaban J connectivity index is 1.30. The molecule has 0 bridgehead atoms. The van der Waals surface area contributed by atoms with Crippen LogP contribution in [0.25, 0.3) is 43.9 Å². The van der Waals surface area contributed by atoms with E-state index in [1.54, 1.807) is 0 Å². The Kier molecular flexibility index (Phi) is 6.50. The quantitative estimate of drug-likeness (QED) is 0.227. The van der Waals surface area contributed by atoms with Crippen LogP contribution in [0.5, 0.6) is 0 Å². The van der Waals surface area contributed by atoms with Crippen molar-refractivity contribution in [1.29, 1.82) is 0 Å². The Morgan fingerprint density at radius 1 is 0.432 bits per heavy atom. The number of rotatable bonds is 5. The van der Waals surface area contributed by atoms with Gasteiger partial charge in [-0.15, -0.1) is 0 Å². The largest absolute Gasteiger partial charge is 0.324 e. The van der Waals surface area contributed by atoms with Gasteiger partial charge < -0.3 is 5.32 Å². The normalized spacial score (nSPS) is 13.4. The standard InChI is InChI=1S/C40H28N4/c1-3-12-30(13-4-1)38-42-39(31-14-5-2-6-15-31)44-40(43-38)37-33-16-8-7-11-27(33)24-25-34(37)29-22-20-28(21-23-29)32-17-9-19-36-35(32)18-10-26-41-36/h1-26,40H,(H,42,43,44). The van der Waals surface area contributed by atoms with Crippen LogP contribution in [-0.2, 0) is 0 Å². The van der Waals surface area contributed by atoms with Gasteiger partial charge in [-0.2, -0.15) is 0 Å². The van der Waals surface area contributed by atoms with Gasteiger partial charge in [-0.05, 0) is 45.2 Å². The minimum Gasteiger partial charge on any atom is -0.324 e. The zero-order valence-electron chi connectivity index (χ0n) is 23.9. The second-order valence-corrected chi connectivity index (χ2v) is 10.9. The van der Waals surface area contributed by atoms with Crippen molar-refractivity contribution in [2.24, 2.45) is 9.98 Å². The van der Waals surface area contributed by atoms with Gasteiger partial charge in [0.1, 0.15) is 11.7 Å². The summed E-state index contributed by atoms with van der Waals surface area (Å²) in [6, 6.07) is 52.7. The summed E-state index contributed by atoms with van der Waals surface area (Å²) < 4.78 is 0. The molecule has 6 aromatic carbocycles. The lowest BCUT2D eigenvalue weighted by Crippen LogP contribution is -2.36. The van der Waals surface area contributed by atoms with E-state index in [1.807, 2.05) is 48.7 Å². The fourth-order valence-corrected chi connectivity index (χ4v) is 6.07. The molecule has 4 nitrogen and oxygen atoms in total. The molecular weight excluding hydrogens is 536 g/mol. The van der Waals surface area contributed by atoms with Crippen molar-refractivity contribution in [1.82, 2.24) is 10.3 Å². The maximum atomic E-state index is 5.24. The van der Waals surface area contributed by atoms with Crippen molar-refractivity contribution in [3.63, 3.8) is 0 Å². The Hall–Kier alpha value is -5.87. The first-order valence-corrected chi connectivity index (χ1v) is 14.8. The fourth-order valence-electron chi connectivity index (χ4n) is 6.07. The molecule has 7 aromatic rings. The molecular formula is C40H28N4. The zero-order chi connectivity index (χ0) is 29.3. The summed E-state index contributed by atoms with van der Waals surface area (Å²) in [7, 11) is 0. The maximum Gasteiger partial charge on any atom is 0.170 e. The number of aliphatic imine (C=N–C) groups is 2. The van der Waals surface area contributed by atoms with Gasteiger partial charge in [0.05, 0.1) is 5.52 Å². The first-order chi connectivity index (χ1) is 21.8. The summed E-state index contributed by atoms with van der Waals surface area (Å²) in [6.07, 6.45) is 1.40. The molecule has 1 N–H and O–H groups in total. The lowest BCUT2D eigenvalue weighted by molar-refractivity contribution is 0.764. The van der Waals surface area contributed by atoms with Gasteiger partial charge in [-0.3, -0.25) is 4.98 Å². The van der Waals surface area contributed by atoms with Crippen LogP contribution in [0.4, 0.5) is 0 Å². The Morgan fingerprint density at radius 3 is 1.75 bits per heavy atom. The van der Waals surface area contributed by atoms with Gasteiger partial charge in [0.2, 0.25) is 0 Å². The third-order valence-electron chi connectivity index (χ3n) is 8.22. The fraction of sp³-hybridized carbons (Fsp3) is 0.0250. The van der Waals surface area contributed by atoms with Crippen molar-refractivity contribution < 1.29 is 0 Å². The average molecular weight is 565 g/mol. The van der Waals surface area contributed by atoms with E-state index in [2.05, 4.69) is 119 Å². The first kappa shape index (κ1) is 25.8. The molecule has 0 fully saturated rings. The summed E-state index contributed by atoms with van der Waals surface area (Å²) in [5, 5.41) is 6.99. The molecule has 0 unspecified atom stereocenters. The highest BCUT2D eigenvalue weighted by molar-refractivity contribution is 6.16. The summed E-state index contributed by atoms with van der Waals surface area (Å²) in [6.45, 7) is 0. The lowest BCUT2D eigenvalue weighted by atomic mass is 9.91. The van der Waals surface area contributed by atoms with Crippen LogP contribution in [0.15, 0.2) is 168 Å². The molecule has 8 rings (SSSR count). The van der Waals surface area contributed by atoms with Crippen LogP contribution < -0.4 is 5.32 Å². The van der Waals surface area contributed by atoms with Gasteiger partial charge in [0.15, 0.2) is 6.17 Å². The minimum atomic E-state index is -0.438. The number of aromatic nitrogens is 1. The smallest absolute Gasteiger partial charge is 0.170 e. The lowest BCUT2D eigenvalue weighted by Gasteiger charge is -2.25. The van der Waals surface area contributed by atoms with E-state index in [4.69, 9.17) is 9.98 Å². The Morgan fingerprint density at radius 2 is 1.05 bits per heavy atom. The molecule has 1 aliphatic rings. The van der Waals surface area contributed by atoms with Crippen LogP contribution in [-0.4, -0.2) is 16.7 Å². The van der Waals surface area contributed by atoms with E-state index in [0.717, 1.165) is 66.7 Å². The van der Waals surface area contributed by atoms with Crippen LogP contribution >= 0.6 is 0 Å². The molecule has 0 saturated carbocycles. The monoisotopic (exact) mass is 564 g/mol. The van der Waals surface area contributed by atoms with Gasteiger partial charge in [0.25, 0.3) is 0 Å². The molecule has 44 heavy (non-hydrogen) atoms. The number of benzene rings is 6. The number of pyridine rings is 1. The van der Waals surface area contributed by atoms with Crippen LogP contribution in [0.2, 0.25) is 0 Å². The van der Waals surface area contributed by atoms with Crippen LogP contribution in [0, 0.1) is 0 Å². The number of fused-ring (bicyclic) bond motifs is 2. The van der Waals surface area contributed by atoms with Gasteiger partial charge in [-0.25, -0.2) is 9.98 Å².